The summed E-state index contributed by atoms with van der Waals surface area (Å²) in [5.41, 5.74) is 0.976. The van der Waals surface area contributed by atoms with E-state index in [9.17, 15) is 8.78 Å². The summed E-state index contributed by atoms with van der Waals surface area (Å²) in [6.45, 7) is 1.47. The van der Waals surface area contributed by atoms with Crippen molar-refractivity contribution in [2.75, 3.05) is 0 Å². The lowest BCUT2D eigenvalue weighted by molar-refractivity contribution is -0.0499. The first kappa shape index (κ1) is 15.2. The van der Waals surface area contributed by atoms with E-state index >= 15 is 0 Å². The summed E-state index contributed by atoms with van der Waals surface area (Å²) in [7, 11) is 0. The third-order valence-corrected chi connectivity index (χ3v) is 4.03. The number of hydrogen-bond donors (Lipinski definition) is 1. The van der Waals surface area contributed by atoms with Crippen molar-refractivity contribution >= 4 is 0 Å². The topological polar surface area (TPSA) is 21.3 Å². The predicted octanol–water partition coefficient (Wildman–Crippen LogP) is 4.52. The highest BCUT2D eigenvalue weighted by molar-refractivity contribution is 5.30. The highest BCUT2D eigenvalue weighted by atomic mass is 19.3. The highest BCUT2D eigenvalue weighted by Gasteiger charge is 2.21. The van der Waals surface area contributed by atoms with Gasteiger partial charge >= 0.3 is 6.61 Å². The molecule has 2 rings (SSSR count). The Morgan fingerprint density at radius 1 is 1.30 bits per heavy atom. The zero-order chi connectivity index (χ0) is 14.5. The van der Waals surface area contributed by atoms with Gasteiger partial charge in [-0.3, -0.25) is 0 Å². The van der Waals surface area contributed by atoms with Gasteiger partial charge in [0.05, 0.1) is 0 Å². The normalized spacial score (nSPS) is 18.6. The van der Waals surface area contributed by atoms with E-state index in [1.165, 1.54) is 25.7 Å². The molecule has 1 aliphatic rings. The van der Waals surface area contributed by atoms with Crippen molar-refractivity contribution in [3.05, 3.63) is 29.8 Å². The van der Waals surface area contributed by atoms with Gasteiger partial charge in [-0.1, -0.05) is 31.4 Å². The van der Waals surface area contributed by atoms with Gasteiger partial charge in [-0.15, -0.1) is 0 Å². The number of alkyl halides is 2. The Bertz CT molecular complexity index is 421. The zero-order valence-electron chi connectivity index (χ0n) is 12.1. The number of rotatable bonds is 7. The van der Waals surface area contributed by atoms with Crippen molar-refractivity contribution in [3.8, 4) is 5.75 Å². The first-order valence-electron chi connectivity index (χ1n) is 7.35. The van der Waals surface area contributed by atoms with E-state index in [-0.39, 0.29) is 11.8 Å². The van der Waals surface area contributed by atoms with E-state index in [0.717, 1.165) is 11.5 Å². The Labute approximate surface area is 119 Å². The van der Waals surface area contributed by atoms with Crippen molar-refractivity contribution in [3.63, 3.8) is 0 Å². The largest absolute Gasteiger partial charge is 0.435 e. The van der Waals surface area contributed by atoms with Crippen LogP contribution in [-0.2, 0) is 0 Å². The molecule has 0 heterocycles. The van der Waals surface area contributed by atoms with Crippen LogP contribution in [0.5, 0.6) is 5.75 Å². The number of hydrogen-bond acceptors (Lipinski definition) is 2. The minimum Gasteiger partial charge on any atom is -0.435 e. The Morgan fingerprint density at radius 3 is 2.65 bits per heavy atom. The van der Waals surface area contributed by atoms with Crippen LogP contribution >= 0.6 is 0 Å². The van der Waals surface area contributed by atoms with E-state index in [2.05, 4.69) is 23.9 Å². The third kappa shape index (κ3) is 4.44. The van der Waals surface area contributed by atoms with E-state index in [1.54, 1.807) is 18.2 Å². The summed E-state index contributed by atoms with van der Waals surface area (Å²) in [5, 5.41) is 3.53. The van der Waals surface area contributed by atoms with Crippen LogP contribution in [0.15, 0.2) is 24.3 Å². The summed E-state index contributed by atoms with van der Waals surface area (Å²) >= 11 is 0. The minimum atomic E-state index is -2.77. The molecule has 1 aliphatic carbocycles. The number of nitrogens with one attached hydrogen (secondary N) is 1. The molecule has 0 amide bonds. The molecule has 2 nitrogen and oxygen atoms in total. The van der Waals surface area contributed by atoms with E-state index in [0.29, 0.717) is 6.04 Å². The van der Waals surface area contributed by atoms with Crippen LogP contribution in [0.1, 0.15) is 51.1 Å². The van der Waals surface area contributed by atoms with Crippen LogP contribution in [-0.4, -0.2) is 12.7 Å². The molecule has 1 aromatic carbocycles. The van der Waals surface area contributed by atoms with Crippen LogP contribution in [0.25, 0.3) is 0 Å². The predicted molar refractivity (Wildman–Crippen MR) is 76.0 cm³/mol. The maximum Gasteiger partial charge on any atom is 0.387 e. The first-order chi connectivity index (χ1) is 9.54. The fraction of sp³-hybridized carbons (Fsp3) is 0.625. The number of halogens is 2. The van der Waals surface area contributed by atoms with Crippen LogP contribution in [0.4, 0.5) is 8.78 Å². The lowest BCUT2D eigenvalue weighted by Crippen LogP contribution is -2.32. The highest BCUT2D eigenvalue weighted by Crippen LogP contribution is 2.31. The van der Waals surface area contributed by atoms with Crippen molar-refractivity contribution in [2.45, 2.75) is 58.2 Å². The van der Waals surface area contributed by atoms with Crippen molar-refractivity contribution in [1.82, 2.24) is 5.32 Å². The monoisotopic (exact) mass is 283 g/mol. The molecule has 1 fully saturated rings. The lowest BCUT2D eigenvalue weighted by Gasteiger charge is -2.30. The average Bonchev–Trinajstić information content (AvgIpc) is 2.33. The van der Waals surface area contributed by atoms with Crippen LogP contribution < -0.4 is 10.1 Å². The molecule has 0 bridgehead atoms. The molecule has 0 aliphatic heterocycles. The van der Waals surface area contributed by atoms with Crippen molar-refractivity contribution in [1.29, 1.82) is 0 Å². The van der Waals surface area contributed by atoms with E-state index in [1.807, 2.05) is 6.07 Å². The molecule has 0 aromatic heterocycles. The van der Waals surface area contributed by atoms with Gasteiger partial charge in [0, 0.05) is 12.1 Å². The van der Waals surface area contributed by atoms with Crippen LogP contribution in [0.2, 0.25) is 0 Å². The van der Waals surface area contributed by atoms with Gasteiger partial charge < -0.3 is 10.1 Å². The van der Waals surface area contributed by atoms with E-state index in [4.69, 9.17) is 0 Å². The molecule has 2 unspecified atom stereocenters. The summed E-state index contributed by atoms with van der Waals surface area (Å²) < 4.78 is 28.9. The van der Waals surface area contributed by atoms with Gasteiger partial charge in [-0.2, -0.15) is 8.78 Å². The van der Waals surface area contributed by atoms with Crippen molar-refractivity contribution < 1.29 is 13.5 Å². The molecule has 0 saturated heterocycles. The maximum atomic E-state index is 12.2. The Kier molecular flexibility index (Phi) is 5.35. The van der Waals surface area contributed by atoms with Gasteiger partial charge in [0.25, 0.3) is 0 Å². The molecule has 1 N–H and O–H groups in total. The minimum absolute atomic E-state index is 0.131. The lowest BCUT2D eigenvalue weighted by atomic mass is 9.81. The molecule has 20 heavy (non-hydrogen) atoms. The van der Waals surface area contributed by atoms with Crippen LogP contribution in [0.3, 0.4) is 0 Å². The molecule has 4 heteroatoms. The molecular formula is C16H23F2NO. The first-order valence-corrected chi connectivity index (χ1v) is 7.35. The molecule has 112 valence electrons. The summed E-state index contributed by atoms with van der Waals surface area (Å²) in [6.07, 6.45) is 5.24. The Hall–Kier alpha value is -1.16. The molecule has 1 saturated carbocycles. The second-order valence-electron chi connectivity index (χ2n) is 5.77. The molecule has 1 aromatic rings. The molecule has 0 radical (unpaired) electrons. The average molecular weight is 283 g/mol. The molecular weight excluding hydrogens is 260 g/mol. The smallest absolute Gasteiger partial charge is 0.387 e. The SMILES string of the molecule is CC(CC1CCC1)NC(C)c1cccc(OC(F)F)c1. The maximum absolute atomic E-state index is 12.2. The van der Waals surface area contributed by atoms with Crippen LogP contribution in [0, 0.1) is 5.92 Å². The quantitative estimate of drug-likeness (QED) is 0.794. The number of benzene rings is 1. The molecule has 0 spiro atoms. The van der Waals surface area contributed by atoms with Gasteiger partial charge in [-0.25, -0.2) is 0 Å². The summed E-state index contributed by atoms with van der Waals surface area (Å²) in [4.78, 5) is 0. The fourth-order valence-electron chi connectivity index (χ4n) is 2.78. The number of ether oxygens (including phenoxy) is 1. The Balaban J connectivity index is 1.88. The molecule has 2 atom stereocenters. The standard InChI is InChI=1S/C16H23F2NO/c1-11(9-13-5-3-6-13)19-12(2)14-7-4-8-15(10-14)20-16(17)18/h4,7-8,10-13,16,19H,3,5-6,9H2,1-2H3. The van der Waals surface area contributed by atoms with Gasteiger partial charge in [0.2, 0.25) is 0 Å². The third-order valence-electron chi connectivity index (χ3n) is 4.03. The summed E-state index contributed by atoms with van der Waals surface area (Å²) in [5.74, 6) is 1.08. The summed E-state index contributed by atoms with van der Waals surface area (Å²) in [6, 6.07) is 7.50. The van der Waals surface area contributed by atoms with Gasteiger partial charge in [-0.05, 0) is 43.9 Å². The second kappa shape index (κ2) is 7.02. The Morgan fingerprint density at radius 2 is 2.05 bits per heavy atom. The van der Waals surface area contributed by atoms with E-state index < -0.39 is 6.61 Å². The van der Waals surface area contributed by atoms with Gasteiger partial charge in [0.15, 0.2) is 0 Å². The fourth-order valence-corrected chi connectivity index (χ4v) is 2.78. The second-order valence-corrected chi connectivity index (χ2v) is 5.77. The zero-order valence-corrected chi connectivity index (χ0v) is 12.1. The van der Waals surface area contributed by atoms with Gasteiger partial charge in [0.1, 0.15) is 5.75 Å². The van der Waals surface area contributed by atoms with Crippen molar-refractivity contribution in [2.24, 2.45) is 5.92 Å².